The Labute approximate surface area is 130 Å². The number of phenols is 1. The number of rotatable bonds is 1. The van der Waals surface area contributed by atoms with Crippen molar-refractivity contribution in [1.29, 1.82) is 0 Å². The van der Waals surface area contributed by atoms with Gasteiger partial charge in [-0.2, -0.15) is 0 Å². The topological polar surface area (TPSA) is 72.8 Å². The second kappa shape index (κ2) is 7.29. The zero-order chi connectivity index (χ0) is 16.1. The van der Waals surface area contributed by atoms with E-state index in [9.17, 15) is 14.7 Å². The summed E-state index contributed by atoms with van der Waals surface area (Å²) in [6.07, 6.45) is 3.58. The number of ketones is 1. The summed E-state index contributed by atoms with van der Waals surface area (Å²) >= 11 is 0. The van der Waals surface area contributed by atoms with Gasteiger partial charge in [-0.3, -0.25) is 9.59 Å². The van der Waals surface area contributed by atoms with E-state index in [-0.39, 0.29) is 29.6 Å². The minimum Gasteiger partial charge on any atom is -0.507 e. The van der Waals surface area contributed by atoms with Crippen LogP contribution in [0.1, 0.15) is 54.9 Å². The molecule has 2 rings (SSSR count). The molecule has 1 aromatic rings. The first-order valence-electron chi connectivity index (χ1n) is 7.64. The predicted octanol–water partition coefficient (Wildman–Crippen LogP) is 3.02. The fourth-order valence-corrected chi connectivity index (χ4v) is 2.74. The molecule has 5 heteroatoms. The molecule has 0 spiro atoms. The lowest BCUT2D eigenvalue weighted by molar-refractivity contribution is -0.147. The van der Waals surface area contributed by atoms with Crippen LogP contribution in [-0.2, 0) is 16.0 Å². The number of benzene rings is 1. The summed E-state index contributed by atoms with van der Waals surface area (Å²) in [6.45, 7) is 1.87. The van der Waals surface area contributed by atoms with Crippen LogP contribution in [0.4, 0.5) is 0 Å². The van der Waals surface area contributed by atoms with Gasteiger partial charge in [0, 0.05) is 12.5 Å². The number of fused-ring (bicyclic) bond motifs is 1. The number of carbonyl (C=O) groups excluding carboxylic acids is 2. The molecule has 120 valence electrons. The van der Waals surface area contributed by atoms with Crippen LogP contribution in [0.3, 0.4) is 0 Å². The van der Waals surface area contributed by atoms with Gasteiger partial charge < -0.3 is 14.6 Å². The van der Waals surface area contributed by atoms with Gasteiger partial charge in [-0.15, -0.1) is 0 Å². The lowest BCUT2D eigenvalue weighted by atomic mass is 9.95. The normalized spacial score (nSPS) is 20.4. The second-order valence-corrected chi connectivity index (χ2v) is 5.68. The van der Waals surface area contributed by atoms with E-state index in [0.717, 1.165) is 25.7 Å². The van der Waals surface area contributed by atoms with Gasteiger partial charge in [-0.25, -0.2) is 0 Å². The third-order valence-electron chi connectivity index (χ3n) is 3.87. The number of aromatic hydroxyl groups is 1. The highest BCUT2D eigenvalue weighted by molar-refractivity contribution is 6.01. The summed E-state index contributed by atoms with van der Waals surface area (Å²) in [6, 6.07) is 3.02. The largest absolute Gasteiger partial charge is 0.507 e. The van der Waals surface area contributed by atoms with E-state index in [1.54, 1.807) is 6.07 Å². The number of cyclic esters (lactones) is 1. The van der Waals surface area contributed by atoms with Gasteiger partial charge in [0.05, 0.1) is 25.2 Å². The van der Waals surface area contributed by atoms with Crippen molar-refractivity contribution in [1.82, 2.24) is 0 Å². The summed E-state index contributed by atoms with van der Waals surface area (Å²) in [5, 5.41) is 10.1. The lowest BCUT2D eigenvalue weighted by Gasteiger charge is -2.17. The second-order valence-electron chi connectivity index (χ2n) is 5.68. The van der Waals surface area contributed by atoms with Crippen LogP contribution in [0, 0.1) is 0 Å². The number of esters is 1. The lowest BCUT2D eigenvalue weighted by Crippen LogP contribution is -2.19. The molecule has 0 aromatic heterocycles. The van der Waals surface area contributed by atoms with Crippen molar-refractivity contribution in [2.45, 2.75) is 51.6 Å². The number of methoxy groups -OCH3 is 1. The molecule has 22 heavy (non-hydrogen) atoms. The maximum absolute atomic E-state index is 12.4. The van der Waals surface area contributed by atoms with Crippen LogP contribution in [0.2, 0.25) is 0 Å². The van der Waals surface area contributed by atoms with E-state index in [2.05, 4.69) is 0 Å². The Morgan fingerprint density at radius 2 is 2.00 bits per heavy atom. The van der Waals surface area contributed by atoms with Crippen molar-refractivity contribution in [2.24, 2.45) is 0 Å². The maximum atomic E-state index is 12.4. The van der Waals surface area contributed by atoms with Gasteiger partial charge in [0.15, 0.2) is 5.78 Å². The van der Waals surface area contributed by atoms with Crippen molar-refractivity contribution < 1.29 is 24.2 Å². The van der Waals surface area contributed by atoms with E-state index >= 15 is 0 Å². The van der Waals surface area contributed by atoms with Crippen molar-refractivity contribution in [3.63, 3.8) is 0 Å². The van der Waals surface area contributed by atoms with Crippen molar-refractivity contribution >= 4 is 11.8 Å². The average molecular weight is 306 g/mol. The number of hydrogen-bond donors (Lipinski definition) is 1. The minimum atomic E-state index is -0.394. The Balaban J connectivity index is 2.38. The summed E-state index contributed by atoms with van der Waals surface area (Å²) in [4.78, 5) is 24.4. The molecule has 0 amide bonds. The summed E-state index contributed by atoms with van der Waals surface area (Å²) in [5.41, 5.74) is 0.672. The Bertz CT molecular complexity index is 564. The fourth-order valence-electron chi connectivity index (χ4n) is 2.74. The third kappa shape index (κ3) is 4.00. The van der Waals surface area contributed by atoms with Crippen LogP contribution in [0.15, 0.2) is 12.1 Å². The molecule has 1 atom stereocenters. The highest BCUT2D eigenvalue weighted by Crippen LogP contribution is 2.30. The van der Waals surface area contributed by atoms with Crippen LogP contribution in [0.25, 0.3) is 0 Å². The highest BCUT2D eigenvalue weighted by atomic mass is 16.5. The molecule has 1 heterocycles. The van der Waals surface area contributed by atoms with Gasteiger partial charge in [-0.1, -0.05) is 6.42 Å². The molecular formula is C17H22O5. The Kier molecular flexibility index (Phi) is 5.41. The molecule has 1 N–H and O–H groups in total. The highest BCUT2D eigenvalue weighted by Gasteiger charge is 2.22. The van der Waals surface area contributed by atoms with E-state index in [1.165, 1.54) is 13.2 Å². The van der Waals surface area contributed by atoms with E-state index < -0.39 is 5.97 Å². The molecule has 1 aliphatic heterocycles. The van der Waals surface area contributed by atoms with Gasteiger partial charge in [0.25, 0.3) is 0 Å². The van der Waals surface area contributed by atoms with Gasteiger partial charge >= 0.3 is 5.97 Å². The van der Waals surface area contributed by atoms with Gasteiger partial charge in [0.2, 0.25) is 0 Å². The molecule has 1 aromatic carbocycles. The number of hydrogen-bond acceptors (Lipinski definition) is 5. The zero-order valence-corrected chi connectivity index (χ0v) is 13.1. The Morgan fingerprint density at radius 1 is 1.23 bits per heavy atom. The molecule has 0 radical (unpaired) electrons. The minimum absolute atomic E-state index is 0.0455. The van der Waals surface area contributed by atoms with E-state index in [4.69, 9.17) is 9.47 Å². The molecule has 0 bridgehead atoms. The monoisotopic (exact) mass is 306 g/mol. The van der Waals surface area contributed by atoms with Gasteiger partial charge in [-0.05, 0) is 37.8 Å². The zero-order valence-electron chi connectivity index (χ0n) is 13.1. The first-order chi connectivity index (χ1) is 10.5. The summed E-state index contributed by atoms with van der Waals surface area (Å²) < 4.78 is 10.5. The first kappa shape index (κ1) is 16.3. The predicted molar refractivity (Wildman–Crippen MR) is 81.3 cm³/mol. The number of phenolic OH excluding ortho intramolecular Hbond substituents is 1. The smallest absolute Gasteiger partial charge is 0.310 e. The number of carbonyl (C=O) groups is 2. The molecular weight excluding hydrogens is 284 g/mol. The van der Waals surface area contributed by atoms with E-state index in [1.807, 2.05) is 6.92 Å². The molecule has 5 nitrogen and oxygen atoms in total. The van der Waals surface area contributed by atoms with Crippen molar-refractivity contribution in [3.8, 4) is 11.5 Å². The van der Waals surface area contributed by atoms with Gasteiger partial charge in [0.1, 0.15) is 11.5 Å². The first-order valence-corrected chi connectivity index (χ1v) is 7.64. The van der Waals surface area contributed by atoms with Crippen LogP contribution in [-0.4, -0.2) is 30.1 Å². The van der Waals surface area contributed by atoms with Crippen LogP contribution >= 0.6 is 0 Å². The molecule has 0 unspecified atom stereocenters. The average Bonchev–Trinajstić information content (AvgIpc) is 2.44. The molecule has 0 aliphatic carbocycles. The molecule has 0 saturated carbocycles. The van der Waals surface area contributed by atoms with Crippen LogP contribution < -0.4 is 4.74 Å². The SMILES string of the molecule is COc1cc(O)c2c(c1)CC(=O)O[C@@H](C)CCCCCC2=O. The molecule has 1 aliphatic rings. The third-order valence-corrected chi connectivity index (χ3v) is 3.87. The Morgan fingerprint density at radius 3 is 2.73 bits per heavy atom. The Hall–Kier alpha value is -2.04. The number of ether oxygens (including phenoxy) is 2. The summed E-state index contributed by atoms with van der Waals surface area (Å²) in [7, 11) is 1.47. The molecule has 0 saturated heterocycles. The molecule has 0 fully saturated rings. The fraction of sp³-hybridized carbons (Fsp3) is 0.529. The summed E-state index contributed by atoms with van der Waals surface area (Å²) in [5.74, 6) is -0.263. The quantitative estimate of drug-likeness (QED) is 0.807. The standard InChI is InChI=1S/C17H22O5/c1-11-6-4-3-5-7-14(18)17-12(9-16(20)22-11)8-13(21-2)10-15(17)19/h8,10-11,19H,3-7,9H2,1-2H3/t11-/m0/s1. The maximum Gasteiger partial charge on any atom is 0.310 e. The number of Topliss-reactive ketones (excluding diaryl/α,β-unsaturated/α-hetero) is 1. The van der Waals surface area contributed by atoms with E-state index in [0.29, 0.717) is 17.7 Å². The van der Waals surface area contributed by atoms with Crippen LogP contribution in [0.5, 0.6) is 11.5 Å². The van der Waals surface area contributed by atoms with Crippen molar-refractivity contribution in [3.05, 3.63) is 23.3 Å². The van der Waals surface area contributed by atoms with Crippen molar-refractivity contribution in [2.75, 3.05) is 7.11 Å².